The molecule has 0 radical (unpaired) electrons. The smallest absolute Gasteiger partial charge is 0.0198 e. The second kappa shape index (κ2) is 6.02. The zero-order valence-corrected chi connectivity index (χ0v) is 11.0. The van der Waals surface area contributed by atoms with Crippen LogP contribution in [-0.4, -0.2) is 37.6 Å². The van der Waals surface area contributed by atoms with E-state index in [9.17, 15) is 0 Å². The van der Waals surface area contributed by atoms with Crippen molar-refractivity contribution in [1.29, 1.82) is 0 Å². The van der Waals surface area contributed by atoms with Crippen molar-refractivity contribution in [3.05, 3.63) is 0 Å². The van der Waals surface area contributed by atoms with E-state index in [2.05, 4.69) is 24.2 Å². The van der Waals surface area contributed by atoms with Crippen molar-refractivity contribution >= 4 is 0 Å². The second-order valence-electron chi connectivity index (χ2n) is 5.99. The van der Waals surface area contributed by atoms with E-state index in [1.165, 1.54) is 58.2 Å². The van der Waals surface area contributed by atoms with Gasteiger partial charge in [0, 0.05) is 19.1 Å². The fourth-order valence-corrected chi connectivity index (χ4v) is 3.43. The summed E-state index contributed by atoms with van der Waals surface area (Å²) in [6.45, 7) is 6.16. The van der Waals surface area contributed by atoms with Crippen molar-refractivity contribution in [2.45, 2.75) is 51.5 Å². The minimum atomic E-state index is 0.754. The third-order valence-corrected chi connectivity index (χ3v) is 4.47. The summed E-state index contributed by atoms with van der Waals surface area (Å²) in [5, 5.41) is 3.82. The molecule has 0 amide bonds. The Morgan fingerprint density at radius 2 is 1.88 bits per heavy atom. The Morgan fingerprint density at radius 3 is 2.56 bits per heavy atom. The Morgan fingerprint density at radius 1 is 1.12 bits per heavy atom. The summed E-state index contributed by atoms with van der Waals surface area (Å²) in [5.74, 6) is 1.90. The van der Waals surface area contributed by atoms with Crippen LogP contribution in [0.4, 0.5) is 0 Å². The van der Waals surface area contributed by atoms with Crippen molar-refractivity contribution < 1.29 is 0 Å². The van der Waals surface area contributed by atoms with Crippen LogP contribution in [0.1, 0.15) is 45.4 Å². The first-order valence-corrected chi connectivity index (χ1v) is 7.19. The van der Waals surface area contributed by atoms with Gasteiger partial charge < -0.3 is 10.2 Å². The molecule has 2 unspecified atom stereocenters. The Hall–Kier alpha value is -0.0800. The number of nitrogens with zero attached hydrogens (tertiary/aromatic N) is 1. The average Bonchev–Trinajstić information content (AvgIpc) is 2.78. The van der Waals surface area contributed by atoms with Crippen LogP contribution in [0.25, 0.3) is 0 Å². The molecule has 0 aromatic rings. The maximum atomic E-state index is 3.82. The molecule has 2 heteroatoms. The van der Waals surface area contributed by atoms with Gasteiger partial charge in [-0.2, -0.15) is 0 Å². The molecule has 1 N–H and O–H groups in total. The molecule has 1 aliphatic heterocycles. The summed E-state index contributed by atoms with van der Waals surface area (Å²) in [6, 6.07) is 0.754. The van der Waals surface area contributed by atoms with E-state index in [1.807, 2.05) is 0 Å². The molecule has 1 aliphatic carbocycles. The molecule has 1 heterocycles. The predicted octanol–water partition coefficient (Wildman–Crippen LogP) is 2.50. The third kappa shape index (κ3) is 3.46. The van der Waals surface area contributed by atoms with Crippen molar-refractivity contribution in [1.82, 2.24) is 10.2 Å². The van der Waals surface area contributed by atoms with Crippen molar-refractivity contribution in [3.8, 4) is 0 Å². The molecule has 0 aromatic heterocycles. The SMILES string of the molecule is CCC1CC(NCC2CCCC2)CN(C)C1. The maximum Gasteiger partial charge on any atom is 0.0198 e. The van der Waals surface area contributed by atoms with Crippen molar-refractivity contribution in [3.63, 3.8) is 0 Å². The first kappa shape index (κ1) is 12.4. The van der Waals surface area contributed by atoms with E-state index >= 15 is 0 Å². The van der Waals surface area contributed by atoms with Crippen LogP contribution in [0, 0.1) is 11.8 Å². The highest BCUT2D eigenvalue weighted by atomic mass is 15.1. The second-order valence-corrected chi connectivity index (χ2v) is 5.99. The van der Waals surface area contributed by atoms with Gasteiger partial charge >= 0.3 is 0 Å². The Kier molecular flexibility index (Phi) is 4.66. The number of hydrogen-bond acceptors (Lipinski definition) is 2. The molecule has 94 valence electrons. The fourth-order valence-electron chi connectivity index (χ4n) is 3.43. The normalized spacial score (nSPS) is 33.4. The molecule has 2 rings (SSSR count). The summed E-state index contributed by atoms with van der Waals surface area (Å²) in [4.78, 5) is 2.50. The van der Waals surface area contributed by atoms with Crippen LogP contribution in [0.15, 0.2) is 0 Å². The van der Waals surface area contributed by atoms with Gasteiger partial charge in [0.05, 0.1) is 0 Å². The lowest BCUT2D eigenvalue weighted by molar-refractivity contribution is 0.163. The van der Waals surface area contributed by atoms with E-state index in [0.29, 0.717) is 0 Å². The van der Waals surface area contributed by atoms with Gasteiger partial charge in [-0.3, -0.25) is 0 Å². The maximum absolute atomic E-state index is 3.82. The van der Waals surface area contributed by atoms with E-state index < -0.39 is 0 Å². The lowest BCUT2D eigenvalue weighted by Crippen LogP contribution is -2.48. The molecule has 0 aromatic carbocycles. The van der Waals surface area contributed by atoms with Gasteiger partial charge in [0.15, 0.2) is 0 Å². The minimum absolute atomic E-state index is 0.754. The lowest BCUT2D eigenvalue weighted by atomic mass is 9.92. The number of hydrogen-bond donors (Lipinski definition) is 1. The van der Waals surface area contributed by atoms with Gasteiger partial charge in [-0.15, -0.1) is 0 Å². The van der Waals surface area contributed by atoms with E-state index in [4.69, 9.17) is 0 Å². The minimum Gasteiger partial charge on any atom is -0.312 e. The summed E-state index contributed by atoms with van der Waals surface area (Å²) < 4.78 is 0. The van der Waals surface area contributed by atoms with Crippen LogP contribution in [0.3, 0.4) is 0 Å². The van der Waals surface area contributed by atoms with Crippen molar-refractivity contribution in [2.75, 3.05) is 26.7 Å². The summed E-state index contributed by atoms with van der Waals surface area (Å²) in [6.07, 6.45) is 8.60. The zero-order valence-electron chi connectivity index (χ0n) is 11.0. The lowest BCUT2D eigenvalue weighted by Gasteiger charge is -2.36. The van der Waals surface area contributed by atoms with Crippen molar-refractivity contribution in [2.24, 2.45) is 11.8 Å². The van der Waals surface area contributed by atoms with Crippen LogP contribution >= 0.6 is 0 Å². The van der Waals surface area contributed by atoms with E-state index in [-0.39, 0.29) is 0 Å². The van der Waals surface area contributed by atoms with Crippen LogP contribution in [0.5, 0.6) is 0 Å². The molecule has 16 heavy (non-hydrogen) atoms. The first-order valence-electron chi connectivity index (χ1n) is 7.19. The molecule has 0 bridgehead atoms. The molecule has 2 nitrogen and oxygen atoms in total. The molecule has 2 aliphatic rings. The van der Waals surface area contributed by atoms with Gasteiger partial charge in [0.25, 0.3) is 0 Å². The van der Waals surface area contributed by atoms with Gasteiger partial charge in [0.2, 0.25) is 0 Å². The van der Waals surface area contributed by atoms with Gasteiger partial charge in [0.1, 0.15) is 0 Å². The quantitative estimate of drug-likeness (QED) is 0.789. The first-order chi connectivity index (χ1) is 7.78. The van der Waals surface area contributed by atoms with Crippen LogP contribution < -0.4 is 5.32 Å². The number of piperidine rings is 1. The Labute approximate surface area is 101 Å². The zero-order chi connectivity index (χ0) is 11.4. The average molecular weight is 224 g/mol. The monoisotopic (exact) mass is 224 g/mol. The Bertz CT molecular complexity index is 199. The topological polar surface area (TPSA) is 15.3 Å². The largest absolute Gasteiger partial charge is 0.312 e. The number of rotatable bonds is 4. The third-order valence-electron chi connectivity index (χ3n) is 4.47. The van der Waals surface area contributed by atoms with Gasteiger partial charge in [-0.1, -0.05) is 26.2 Å². The molecule has 2 atom stereocenters. The number of likely N-dealkylation sites (N-methyl/N-ethyl adjacent to an activating group) is 1. The van der Waals surface area contributed by atoms with Gasteiger partial charge in [-0.25, -0.2) is 0 Å². The standard InChI is InChI=1S/C14H28N2/c1-3-12-8-14(11-16(2)10-12)15-9-13-6-4-5-7-13/h12-15H,3-11H2,1-2H3. The van der Waals surface area contributed by atoms with E-state index in [0.717, 1.165) is 17.9 Å². The summed E-state index contributed by atoms with van der Waals surface area (Å²) in [5.41, 5.74) is 0. The molecule has 2 fully saturated rings. The van der Waals surface area contributed by atoms with Crippen LogP contribution in [-0.2, 0) is 0 Å². The molecular weight excluding hydrogens is 196 g/mol. The highest BCUT2D eigenvalue weighted by Gasteiger charge is 2.24. The van der Waals surface area contributed by atoms with Crippen LogP contribution in [0.2, 0.25) is 0 Å². The highest BCUT2D eigenvalue weighted by Crippen LogP contribution is 2.25. The Balaban J connectivity index is 1.71. The summed E-state index contributed by atoms with van der Waals surface area (Å²) in [7, 11) is 2.27. The highest BCUT2D eigenvalue weighted by molar-refractivity contribution is 4.82. The fraction of sp³-hybridized carbons (Fsp3) is 1.00. The summed E-state index contributed by atoms with van der Waals surface area (Å²) >= 11 is 0. The van der Waals surface area contributed by atoms with E-state index in [1.54, 1.807) is 0 Å². The van der Waals surface area contributed by atoms with Gasteiger partial charge in [-0.05, 0) is 44.7 Å². The molecule has 0 spiro atoms. The molecular formula is C14H28N2. The predicted molar refractivity (Wildman–Crippen MR) is 69.6 cm³/mol. The number of likely N-dealkylation sites (tertiary alicyclic amines) is 1. The molecule has 1 saturated heterocycles. The number of nitrogens with one attached hydrogen (secondary N) is 1. The molecule has 1 saturated carbocycles.